The topological polar surface area (TPSA) is 43.1 Å². The van der Waals surface area contributed by atoms with Crippen molar-refractivity contribution in [2.45, 2.75) is 72.0 Å². The third-order valence-electron chi connectivity index (χ3n) is 5.75. The van der Waals surface area contributed by atoms with Crippen molar-refractivity contribution < 1.29 is 4.79 Å². The van der Waals surface area contributed by atoms with Crippen LogP contribution in [-0.4, -0.2) is 37.7 Å². The fraction of sp³-hybridized carbons (Fsp3) is 0.600. The Kier molecular flexibility index (Phi) is 3.97. The SMILES string of the molecule is Cc1cc(C)n(C[C@@H]2CCCN2C(=O)c2cc(C)n(C3CC3)c2C)n1. The van der Waals surface area contributed by atoms with Crippen molar-refractivity contribution in [2.24, 2.45) is 0 Å². The zero-order valence-electron chi connectivity index (χ0n) is 15.7. The van der Waals surface area contributed by atoms with E-state index >= 15 is 0 Å². The molecular weight excluding hydrogens is 312 g/mol. The second-order valence-electron chi connectivity index (χ2n) is 7.79. The Labute approximate surface area is 149 Å². The van der Waals surface area contributed by atoms with E-state index in [0.717, 1.165) is 42.9 Å². The number of carbonyl (C=O) groups excluding carboxylic acids is 1. The number of nitrogens with zero attached hydrogens (tertiary/aromatic N) is 4. The van der Waals surface area contributed by atoms with Crippen LogP contribution in [0.2, 0.25) is 0 Å². The van der Waals surface area contributed by atoms with Crippen molar-refractivity contribution in [2.75, 3.05) is 6.54 Å². The van der Waals surface area contributed by atoms with Crippen molar-refractivity contribution >= 4 is 5.91 Å². The maximum absolute atomic E-state index is 13.3. The third-order valence-corrected chi connectivity index (χ3v) is 5.75. The van der Waals surface area contributed by atoms with E-state index in [0.29, 0.717) is 6.04 Å². The fourth-order valence-corrected chi connectivity index (χ4v) is 4.40. The van der Waals surface area contributed by atoms with E-state index in [2.05, 4.69) is 52.2 Å². The first-order valence-corrected chi connectivity index (χ1v) is 9.46. The Morgan fingerprint density at radius 1 is 1.12 bits per heavy atom. The lowest BCUT2D eigenvalue weighted by atomic mass is 10.1. The number of rotatable bonds is 4. The fourth-order valence-electron chi connectivity index (χ4n) is 4.40. The van der Waals surface area contributed by atoms with Crippen LogP contribution in [0.5, 0.6) is 0 Å². The molecule has 0 spiro atoms. The lowest BCUT2D eigenvalue weighted by Gasteiger charge is -2.25. The molecule has 1 aliphatic heterocycles. The lowest BCUT2D eigenvalue weighted by Crippen LogP contribution is -2.38. The van der Waals surface area contributed by atoms with Crippen LogP contribution in [0.4, 0.5) is 0 Å². The van der Waals surface area contributed by atoms with E-state index in [1.165, 1.54) is 24.2 Å². The summed E-state index contributed by atoms with van der Waals surface area (Å²) in [4.78, 5) is 15.3. The Morgan fingerprint density at radius 3 is 2.52 bits per heavy atom. The molecular formula is C20H28N4O. The summed E-state index contributed by atoms with van der Waals surface area (Å²) >= 11 is 0. The molecule has 1 saturated heterocycles. The predicted molar refractivity (Wildman–Crippen MR) is 97.9 cm³/mol. The van der Waals surface area contributed by atoms with Gasteiger partial charge in [0.15, 0.2) is 0 Å². The molecule has 3 heterocycles. The second-order valence-corrected chi connectivity index (χ2v) is 7.79. The quantitative estimate of drug-likeness (QED) is 0.854. The number of likely N-dealkylation sites (tertiary alicyclic amines) is 1. The van der Waals surface area contributed by atoms with Crippen molar-refractivity contribution in [3.63, 3.8) is 0 Å². The van der Waals surface area contributed by atoms with Crippen LogP contribution in [0.15, 0.2) is 12.1 Å². The summed E-state index contributed by atoms with van der Waals surface area (Å²) in [5.74, 6) is 0.198. The summed E-state index contributed by atoms with van der Waals surface area (Å²) in [6, 6.07) is 5.05. The van der Waals surface area contributed by atoms with Gasteiger partial charge in [0, 0.05) is 29.7 Å². The van der Waals surface area contributed by atoms with Crippen LogP contribution in [-0.2, 0) is 6.54 Å². The van der Waals surface area contributed by atoms with Crippen molar-refractivity contribution in [3.8, 4) is 0 Å². The van der Waals surface area contributed by atoms with Crippen LogP contribution in [0.3, 0.4) is 0 Å². The van der Waals surface area contributed by atoms with Gasteiger partial charge in [-0.05, 0) is 65.5 Å². The van der Waals surface area contributed by atoms with E-state index in [-0.39, 0.29) is 11.9 Å². The minimum absolute atomic E-state index is 0.198. The van der Waals surface area contributed by atoms with Gasteiger partial charge in [-0.2, -0.15) is 5.10 Å². The first kappa shape index (κ1) is 16.4. The number of hydrogen-bond donors (Lipinski definition) is 0. The Morgan fingerprint density at radius 2 is 1.88 bits per heavy atom. The van der Waals surface area contributed by atoms with Gasteiger partial charge in [-0.3, -0.25) is 9.48 Å². The van der Waals surface area contributed by atoms with E-state index in [4.69, 9.17) is 0 Å². The molecule has 4 rings (SSSR count). The summed E-state index contributed by atoms with van der Waals surface area (Å²) in [6.45, 7) is 9.99. The molecule has 5 nitrogen and oxygen atoms in total. The minimum Gasteiger partial charge on any atom is -0.345 e. The van der Waals surface area contributed by atoms with Gasteiger partial charge >= 0.3 is 0 Å². The van der Waals surface area contributed by atoms with E-state index in [9.17, 15) is 4.79 Å². The highest BCUT2D eigenvalue weighted by molar-refractivity contribution is 5.96. The van der Waals surface area contributed by atoms with Crippen LogP contribution in [0.25, 0.3) is 0 Å². The molecule has 0 aromatic carbocycles. The van der Waals surface area contributed by atoms with Gasteiger partial charge < -0.3 is 9.47 Å². The molecule has 5 heteroatoms. The summed E-state index contributed by atoms with van der Waals surface area (Å²) in [7, 11) is 0. The maximum Gasteiger partial charge on any atom is 0.255 e. The number of carbonyl (C=O) groups is 1. The molecule has 1 atom stereocenters. The second kappa shape index (κ2) is 6.04. The first-order chi connectivity index (χ1) is 12.0. The summed E-state index contributed by atoms with van der Waals surface area (Å²) < 4.78 is 4.42. The number of aromatic nitrogens is 3. The van der Waals surface area contributed by atoms with Crippen LogP contribution >= 0.6 is 0 Å². The van der Waals surface area contributed by atoms with E-state index < -0.39 is 0 Å². The third kappa shape index (κ3) is 2.90. The van der Waals surface area contributed by atoms with Gasteiger partial charge in [-0.15, -0.1) is 0 Å². The number of aryl methyl sites for hydroxylation is 3. The van der Waals surface area contributed by atoms with Gasteiger partial charge in [-0.1, -0.05) is 0 Å². The highest BCUT2D eigenvalue weighted by Crippen LogP contribution is 2.38. The van der Waals surface area contributed by atoms with Gasteiger partial charge in [0.2, 0.25) is 0 Å². The Bertz CT molecular complexity index is 812. The molecule has 0 unspecified atom stereocenters. The van der Waals surface area contributed by atoms with Gasteiger partial charge in [0.05, 0.1) is 23.8 Å². The normalized spacial score (nSPS) is 20.5. The molecule has 1 saturated carbocycles. The summed E-state index contributed by atoms with van der Waals surface area (Å²) in [6.07, 6.45) is 4.63. The molecule has 1 aliphatic carbocycles. The summed E-state index contributed by atoms with van der Waals surface area (Å²) in [5.41, 5.74) is 5.47. The average molecular weight is 340 g/mol. The average Bonchev–Trinajstić information content (AvgIpc) is 3.07. The number of amides is 1. The summed E-state index contributed by atoms with van der Waals surface area (Å²) in [5, 5.41) is 4.58. The Hall–Kier alpha value is -2.04. The minimum atomic E-state index is 0.198. The molecule has 2 aliphatic rings. The predicted octanol–water partition coefficient (Wildman–Crippen LogP) is 3.56. The Balaban J connectivity index is 1.57. The standard InChI is InChI=1S/C20H28N4O/c1-13-10-14(2)23(21-13)12-18-6-5-9-22(18)20(25)19-11-15(3)24(16(19)4)17-7-8-17/h10-11,17-18H,5-9,12H2,1-4H3/t18-/m0/s1. The molecule has 0 radical (unpaired) electrons. The highest BCUT2D eigenvalue weighted by atomic mass is 16.2. The zero-order chi connectivity index (χ0) is 17.7. The molecule has 2 aromatic heterocycles. The van der Waals surface area contributed by atoms with Crippen molar-refractivity contribution in [3.05, 3.63) is 40.5 Å². The van der Waals surface area contributed by atoms with Gasteiger partial charge in [0.1, 0.15) is 0 Å². The maximum atomic E-state index is 13.3. The monoisotopic (exact) mass is 340 g/mol. The van der Waals surface area contributed by atoms with Crippen LogP contribution < -0.4 is 0 Å². The molecule has 1 amide bonds. The smallest absolute Gasteiger partial charge is 0.255 e. The van der Waals surface area contributed by atoms with Crippen molar-refractivity contribution in [1.82, 2.24) is 19.2 Å². The van der Waals surface area contributed by atoms with Gasteiger partial charge in [0.25, 0.3) is 5.91 Å². The van der Waals surface area contributed by atoms with Gasteiger partial charge in [-0.25, -0.2) is 0 Å². The molecule has 2 aromatic rings. The molecule has 0 N–H and O–H groups in total. The van der Waals surface area contributed by atoms with Crippen molar-refractivity contribution in [1.29, 1.82) is 0 Å². The molecule has 134 valence electrons. The first-order valence-electron chi connectivity index (χ1n) is 9.46. The number of hydrogen-bond acceptors (Lipinski definition) is 2. The van der Waals surface area contributed by atoms with Crippen LogP contribution in [0, 0.1) is 27.7 Å². The molecule has 25 heavy (non-hydrogen) atoms. The van der Waals surface area contributed by atoms with E-state index in [1.54, 1.807) is 0 Å². The molecule has 0 bridgehead atoms. The van der Waals surface area contributed by atoms with Crippen LogP contribution in [0.1, 0.15) is 64.9 Å². The van der Waals surface area contributed by atoms with E-state index in [1.807, 2.05) is 6.92 Å². The highest BCUT2D eigenvalue weighted by Gasteiger charge is 2.34. The zero-order valence-corrected chi connectivity index (χ0v) is 15.7. The molecule has 2 fully saturated rings. The lowest BCUT2D eigenvalue weighted by molar-refractivity contribution is 0.0720. The largest absolute Gasteiger partial charge is 0.345 e.